The molecule has 0 fully saturated rings. The zero-order chi connectivity index (χ0) is 27.5. The first-order valence-electron chi connectivity index (χ1n) is 12.3. The van der Waals surface area contributed by atoms with Crippen LogP contribution in [0.3, 0.4) is 0 Å². The molecule has 4 aromatic rings. The van der Waals surface area contributed by atoms with Crippen molar-refractivity contribution in [3.05, 3.63) is 129 Å². The third-order valence-electron chi connectivity index (χ3n) is 6.20. The number of carbonyl (C=O) groups is 1. The smallest absolute Gasteiger partial charge is 0.338 e. The summed E-state index contributed by atoms with van der Waals surface area (Å²) in [5, 5.41) is 0. The van der Waals surface area contributed by atoms with Crippen molar-refractivity contribution < 1.29 is 14.3 Å². The Morgan fingerprint density at radius 3 is 2.28 bits per heavy atom. The van der Waals surface area contributed by atoms with Crippen molar-refractivity contribution in [2.24, 2.45) is 4.99 Å². The Labute approximate surface area is 246 Å². The van der Waals surface area contributed by atoms with Crippen LogP contribution < -0.4 is 19.6 Å². The predicted octanol–water partition coefficient (Wildman–Crippen LogP) is 5.90. The van der Waals surface area contributed by atoms with Gasteiger partial charge in [0, 0.05) is 8.95 Å². The van der Waals surface area contributed by atoms with Crippen molar-refractivity contribution in [2.45, 2.75) is 26.5 Å². The van der Waals surface area contributed by atoms with E-state index in [1.165, 1.54) is 11.3 Å². The molecule has 0 N–H and O–H groups in total. The molecule has 0 radical (unpaired) electrons. The number of halogens is 2. The first-order chi connectivity index (χ1) is 18.8. The molecule has 5 rings (SSSR count). The third kappa shape index (κ3) is 6.00. The topological polar surface area (TPSA) is 69.9 Å². The van der Waals surface area contributed by atoms with Crippen LogP contribution in [0.15, 0.2) is 103 Å². The van der Waals surface area contributed by atoms with Gasteiger partial charge >= 0.3 is 5.97 Å². The molecule has 0 amide bonds. The number of ether oxygens (including phenoxy) is 2. The first-order valence-corrected chi connectivity index (χ1v) is 14.7. The summed E-state index contributed by atoms with van der Waals surface area (Å²) in [5.74, 6) is 0.265. The number of thiazole rings is 1. The number of aromatic nitrogens is 1. The zero-order valence-electron chi connectivity index (χ0n) is 21.2. The van der Waals surface area contributed by atoms with Gasteiger partial charge in [-0.15, -0.1) is 0 Å². The monoisotopic (exact) mass is 666 g/mol. The van der Waals surface area contributed by atoms with Gasteiger partial charge in [0.25, 0.3) is 5.56 Å². The predicted molar refractivity (Wildman–Crippen MR) is 159 cm³/mol. The van der Waals surface area contributed by atoms with Gasteiger partial charge in [0.15, 0.2) is 4.80 Å². The van der Waals surface area contributed by atoms with Crippen LogP contribution >= 0.6 is 43.2 Å². The maximum Gasteiger partial charge on any atom is 0.338 e. The Morgan fingerprint density at radius 1 is 1.00 bits per heavy atom. The summed E-state index contributed by atoms with van der Waals surface area (Å²) in [5.41, 5.74) is 3.43. The molecule has 6 nitrogen and oxygen atoms in total. The van der Waals surface area contributed by atoms with Crippen LogP contribution in [0.4, 0.5) is 0 Å². The SMILES string of the molecule is CCOC(=O)C1=C(C)N=c2s/c(=C\c3ccc(OCc4ccc(Br)cc4)cc3)c(=O)n2[C@H]1c1ccc(Br)cc1. The lowest BCUT2D eigenvalue weighted by Crippen LogP contribution is -2.39. The van der Waals surface area contributed by atoms with E-state index >= 15 is 0 Å². The van der Waals surface area contributed by atoms with Gasteiger partial charge < -0.3 is 9.47 Å². The summed E-state index contributed by atoms with van der Waals surface area (Å²) >= 11 is 8.20. The molecule has 39 heavy (non-hydrogen) atoms. The fourth-order valence-corrected chi connectivity index (χ4v) is 5.89. The lowest BCUT2D eigenvalue weighted by Gasteiger charge is -2.24. The molecular formula is C30H24Br2N2O4S. The fourth-order valence-electron chi connectivity index (χ4n) is 4.31. The normalized spacial score (nSPS) is 15.1. The number of allylic oxidation sites excluding steroid dienone is 1. The number of fused-ring (bicyclic) bond motifs is 1. The summed E-state index contributed by atoms with van der Waals surface area (Å²) in [4.78, 5) is 31.9. The Balaban J connectivity index is 1.48. The summed E-state index contributed by atoms with van der Waals surface area (Å²) < 4.78 is 15.3. The highest BCUT2D eigenvalue weighted by Gasteiger charge is 2.33. The third-order valence-corrected chi connectivity index (χ3v) is 8.24. The van der Waals surface area contributed by atoms with Crippen molar-refractivity contribution in [1.29, 1.82) is 0 Å². The van der Waals surface area contributed by atoms with Crippen LogP contribution in [-0.2, 0) is 16.1 Å². The lowest BCUT2D eigenvalue weighted by molar-refractivity contribution is -0.139. The summed E-state index contributed by atoms with van der Waals surface area (Å²) in [6.45, 7) is 4.23. The van der Waals surface area contributed by atoms with Gasteiger partial charge in [-0.05, 0) is 73.0 Å². The number of hydrogen-bond acceptors (Lipinski definition) is 6. The quantitative estimate of drug-likeness (QED) is 0.230. The van der Waals surface area contributed by atoms with Gasteiger partial charge in [-0.2, -0.15) is 0 Å². The molecule has 0 aliphatic carbocycles. The van der Waals surface area contributed by atoms with Crippen LogP contribution in [0.5, 0.6) is 5.75 Å². The largest absolute Gasteiger partial charge is 0.489 e. The molecule has 1 atom stereocenters. The molecule has 0 saturated carbocycles. The van der Waals surface area contributed by atoms with E-state index in [9.17, 15) is 9.59 Å². The summed E-state index contributed by atoms with van der Waals surface area (Å²) in [6.07, 6.45) is 1.84. The molecule has 1 aliphatic rings. The number of esters is 1. The van der Waals surface area contributed by atoms with Crippen molar-refractivity contribution in [2.75, 3.05) is 6.61 Å². The van der Waals surface area contributed by atoms with Gasteiger partial charge in [-0.25, -0.2) is 9.79 Å². The fraction of sp³-hybridized carbons (Fsp3) is 0.167. The second kappa shape index (κ2) is 11.9. The highest BCUT2D eigenvalue weighted by Crippen LogP contribution is 2.31. The van der Waals surface area contributed by atoms with Crippen LogP contribution in [0.1, 0.15) is 36.6 Å². The van der Waals surface area contributed by atoms with Gasteiger partial charge in [-0.3, -0.25) is 9.36 Å². The van der Waals surface area contributed by atoms with Gasteiger partial charge in [0.1, 0.15) is 12.4 Å². The molecule has 9 heteroatoms. The van der Waals surface area contributed by atoms with E-state index in [1.807, 2.05) is 78.9 Å². The Morgan fingerprint density at radius 2 is 1.64 bits per heavy atom. The van der Waals surface area contributed by atoms with E-state index in [0.29, 0.717) is 27.2 Å². The average molecular weight is 668 g/mol. The van der Waals surface area contributed by atoms with Crippen molar-refractivity contribution >= 4 is 55.2 Å². The van der Waals surface area contributed by atoms with Gasteiger partial charge in [0.05, 0.1) is 28.5 Å². The molecule has 0 spiro atoms. The average Bonchev–Trinajstić information content (AvgIpc) is 3.23. The van der Waals surface area contributed by atoms with Crippen LogP contribution in [0.25, 0.3) is 6.08 Å². The molecule has 2 heterocycles. The molecule has 0 unspecified atom stereocenters. The van der Waals surface area contributed by atoms with E-state index in [0.717, 1.165) is 31.4 Å². The molecule has 0 saturated heterocycles. The summed E-state index contributed by atoms with van der Waals surface area (Å²) in [6, 6.07) is 22.5. The maximum absolute atomic E-state index is 13.7. The number of hydrogen-bond donors (Lipinski definition) is 0. The standard InChI is InChI=1S/C30H24Br2N2O4S/c1-3-37-29(36)26-18(2)33-30-34(27(26)21-8-12-23(32)13-9-21)28(35)25(39-30)16-19-6-14-24(15-7-19)38-17-20-4-10-22(31)11-5-20/h4-16,27H,3,17H2,1-2H3/b25-16-/t27-/m0/s1. The first kappa shape index (κ1) is 27.3. The molecular weight excluding hydrogens is 644 g/mol. The Kier molecular flexibility index (Phi) is 8.30. The second-order valence-corrected chi connectivity index (χ2v) is 11.7. The number of rotatable bonds is 7. The second-order valence-electron chi connectivity index (χ2n) is 8.84. The Hall–Kier alpha value is -3.27. The van der Waals surface area contributed by atoms with Gasteiger partial charge in [0.2, 0.25) is 0 Å². The van der Waals surface area contributed by atoms with E-state index in [1.54, 1.807) is 18.4 Å². The minimum absolute atomic E-state index is 0.212. The molecule has 3 aromatic carbocycles. The van der Waals surface area contributed by atoms with Crippen LogP contribution in [0, 0.1) is 0 Å². The number of nitrogens with zero attached hydrogens (tertiary/aromatic N) is 2. The van der Waals surface area contributed by atoms with E-state index < -0.39 is 12.0 Å². The minimum atomic E-state index is -0.634. The lowest BCUT2D eigenvalue weighted by atomic mass is 9.96. The molecule has 1 aliphatic heterocycles. The van der Waals surface area contributed by atoms with Crippen molar-refractivity contribution in [3.63, 3.8) is 0 Å². The van der Waals surface area contributed by atoms with Gasteiger partial charge in [-0.1, -0.05) is 79.6 Å². The Bertz CT molecular complexity index is 1720. The van der Waals surface area contributed by atoms with Crippen molar-refractivity contribution in [3.8, 4) is 5.75 Å². The highest BCUT2D eigenvalue weighted by atomic mass is 79.9. The number of benzene rings is 3. The highest BCUT2D eigenvalue weighted by molar-refractivity contribution is 9.10. The maximum atomic E-state index is 13.7. The van der Waals surface area contributed by atoms with E-state index in [2.05, 4.69) is 36.9 Å². The minimum Gasteiger partial charge on any atom is -0.489 e. The van der Waals surface area contributed by atoms with E-state index in [-0.39, 0.29) is 12.2 Å². The van der Waals surface area contributed by atoms with Crippen molar-refractivity contribution in [1.82, 2.24) is 4.57 Å². The number of carbonyl (C=O) groups excluding carboxylic acids is 1. The zero-order valence-corrected chi connectivity index (χ0v) is 25.2. The van der Waals surface area contributed by atoms with E-state index in [4.69, 9.17) is 9.47 Å². The van der Waals surface area contributed by atoms with Crippen LogP contribution in [0.2, 0.25) is 0 Å². The molecule has 0 bridgehead atoms. The molecule has 1 aromatic heterocycles. The molecule has 198 valence electrons. The summed E-state index contributed by atoms with van der Waals surface area (Å²) in [7, 11) is 0. The van der Waals surface area contributed by atoms with Crippen LogP contribution in [-0.4, -0.2) is 17.1 Å².